The van der Waals surface area contributed by atoms with Crippen molar-refractivity contribution in [2.75, 3.05) is 6.54 Å². The quantitative estimate of drug-likeness (QED) is 0.107. The SMILES string of the molecule is NC(=O)[C@H](Cc1ccccc1)NC(=O)[C@@H](CCCN=C(N)N)NC(=O)[C@@H](N)Cc1ccc(O)cc1. The number of benzene rings is 2. The number of hydrogen-bond acceptors (Lipinski definition) is 6. The van der Waals surface area contributed by atoms with Crippen molar-refractivity contribution in [1.82, 2.24) is 10.6 Å². The smallest absolute Gasteiger partial charge is 0.243 e. The Balaban J connectivity index is 2.07. The van der Waals surface area contributed by atoms with E-state index in [1.165, 1.54) is 12.1 Å². The van der Waals surface area contributed by atoms with Crippen LogP contribution in [0.15, 0.2) is 59.6 Å². The number of carbonyl (C=O) groups excluding carboxylic acids is 3. The lowest BCUT2D eigenvalue weighted by Crippen LogP contribution is -2.56. The molecule has 0 fully saturated rings. The van der Waals surface area contributed by atoms with Crippen molar-refractivity contribution in [3.8, 4) is 5.75 Å². The van der Waals surface area contributed by atoms with E-state index in [2.05, 4.69) is 15.6 Å². The number of phenolic OH excluding ortho intramolecular Hbond substituents is 1. The first kappa shape index (κ1) is 27.1. The predicted molar refractivity (Wildman–Crippen MR) is 133 cm³/mol. The van der Waals surface area contributed by atoms with E-state index in [4.69, 9.17) is 22.9 Å². The first-order valence-corrected chi connectivity index (χ1v) is 11.2. The van der Waals surface area contributed by atoms with Gasteiger partial charge in [-0.15, -0.1) is 0 Å². The zero-order chi connectivity index (χ0) is 25.8. The van der Waals surface area contributed by atoms with E-state index in [1.807, 2.05) is 30.3 Å². The summed E-state index contributed by atoms with van der Waals surface area (Å²) in [5, 5.41) is 14.7. The number of guanidine groups is 1. The summed E-state index contributed by atoms with van der Waals surface area (Å²) in [5.41, 5.74) is 23.8. The van der Waals surface area contributed by atoms with Gasteiger partial charge in [-0.3, -0.25) is 19.4 Å². The second-order valence-electron chi connectivity index (χ2n) is 8.14. The molecule has 0 aliphatic heterocycles. The normalized spacial score (nSPS) is 13.2. The maximum atomic E-state index is 13.0. The predicted octanol–water partition coefficient (Wildman–Crippen LogP) is -0.987. The fourth-order valence-electron chi connectivity index (χ4n) is 3.37. The Morgan fingerprint density at radius 3 is 2.03 bits per heavy atom. The third kappa shape index (κ3) is 9.72. The Hall–Kier alpha value is -4.12. The molecule has 11 nitrogen and oxygen atoms in total. The monoisotopic (exact) mass is 483 g/mol. The van der Waals surface area contributed by atoms with E-state index < -0.39 is 35.8 Å². The average molecular weight is 484 g/mol. The fraction of sp³-hybridized carbons (Fsp3) is 0.333. The second-order valence-corrected chi connectivity index (χ2v) is 8.14. The van der Waals surface area contributed by atoms with Gasteiger partial charge >= 0.3 is 0 Å². The summed E-state index contributed by atoms with van der Waals surface area (Å²) in [6.07, 6.45) is 1.00. The summed E-state index contributed by atoms with van der Waals surface area (Å²) < 4.78 is 0. The lowest BCUT2D eigenvalue weighted by Gasteiger charge is -2.23. The van der Waals surface area contributed by atoms with Crippen LogP contribution in [0.2, 0.25) is 0 Å². The van der Waals surface area contributed by atoms with Crippen LogP contribution in [0.3, 0.4) is 0 Å². The van der Waals surface area contributed by atoms with Crippen LogP contribution in [-0.4, -0.2) is 53.5 Å². The number of hydrogen-bond donors (Lipinski definition) is 7. The molecule has 2 aromatic carbocycles. The lowest BCUT2D eigenvalue weighted by atomic mass is 10.0. The third-order valence-corrected chi connectivity index (χ3v) is 5.25. The molecule has 0 aliphatic carbocycles. The average Bonchev–Trinajstić information content (AvgIpc) is 2.82. The van der Waals surface area contributed by atoms with Crippen molar-refractivity contribution >= 4 is 23.7 Å². The van der Waals surface area contributed by atoms with E-state index in [0.717, 1.165) is 11.1 Å². The number of nitrogens with two attached hydrogens (primary N) is 4. The molecular weight excluding hydrogens is 450 g/mol. The number of primary amides is 1. The van der Waals surface area contributed by atoms with Crippen molar-refractivity contribution in [3.63, 3.8) is 0 Å². The molecule has 188 valence electrons. The Morgan fingerprint density at radius 2 is 1.43 bits per heavy atom. The number of nitrogens with zero attached hydrogens (tertiary/aromatic N) is 1. The van der Waals surface area contributed by atoms with Gasteiger partial charge in [-0.2, -0.15) is 0 Å². The highest BCUT2D eigenvalue weighted by molar-refractivity contribution is 5.92. The van der Waals surface area contributed by atoms with Gasteiger partial charge in [0.25, 0.3) is 0 Å². The van der Waals surface area contributed by atoms with Gasteiger partial charge in [-0.05, 0) is 42.5 Å². The molecule has 2 rings (SSSR count). The maximum absolute atomic E-state index is 13.0. The molecule has 0 saturated carbocycles. The van der Waals surface area contributed by atoms with Gasteiger partial charge in [0, 0.05) is 13.0 Å². The van der Waals surface area contributed by atoms with Crippen LogP contribution in [0.1, 0.15) is 24.0 Å². The largest absolute Gasteiger partial charge is 0.508 e. The standard InChI is InChI=1S/C24H33N7O4/c25-18(13-16-8-10-17(32)11-9-16)22(34)30-19(7-4-12-29-24(27)28)23(35)31-20(21(26)33)14-15-5-2-1-3-6-15/h1-3,5-6,8-11,18-20,32H,4,7,12-14,25H2,(H2,26,33)(H,30,34)(H,31,35)(H4,27,28,29)/t18-,19+,20-/m0/s1. The summed E-state index contributed by atoms with van der Waals surface area (Å²) in [4.78, 5) is 41.7. The molecule has 11 heteroatoms. The molecule has 2 aromatic rings. The molecule has 0 bridgehead atoms. The molecular formula is C24H33N7O4. The van der Waals surface area contributed by atoms with Gasteiger partial charge < -0.3 is 38.7 Å². The highest BCUT2D eigenvalue weighted by Gasteiger charge is 2.27. The minimum atomic E-state index is -0.986. The third-order valence-electron chi connectivity index (χ3n) is 5.25. The molecule has 0 heterocycles. The molecule has 11 N–H and O–H groups in total. The van der Waals surface area contributed by atoms with Gasteiger partial charge in [0.2, 0.25) is 17.7 Å². The van der Waals surface area contributed by atoms with E-state index >= 15 is 0 Å². The molecule has 0 aromatic heterocycles. The summed E-state index contributed by atoms with van der Waals surface area (Å²) in [6.45, 7) is 0.255. The number of phenols is 1. The van der Waals surface area contributed by atoms with Crippen LogP contribution in [0.5, 0.6) is 5.75 Å². The van der Waals surface area contributed by atoms with Crippen LogP contribution < -0.4 is 33.6 Å². The van der Waals surface area contributed by atoms with Crippen LogP contribution in [0.4, 0.5) is 0 Å². The molecule has 0 aliphatic rings. The minimum absolute atomic E-state index is 0.0809. The molecule has 0 unspecified atom stereocenters. The Morgan fingerprint density at radius 1 is 0.829 bits per heavy atom. The topological polar surface area (TPSA) is 212 Å². The van der Waals surface area contributed by atoms with Gasteiger partial charge in [-0.1, -0.05) is 42.5 Å². The molecule has 0 spiro atoms. The first-order chi connectivity index (χ1) is 16.7. The van der Waals surface area contributed by atoms with Gasteiger partial charge in [0.1, 0.15) is 17.8 Å². The number of carbonyl (C=O) groups is 3. The molecule has 3 amide bonds. The number of aliphatic imine (C=N–C) groups is 1. The Bertz CT molecular complexity index is 1010. The van der Waals surface area contributed by atoms with Crippen LogP contribution in [0.25, 0.3) is 0 Å². The summed E-state index contributed by atoms with van der Waals surface area (Å²) in [6, 6.07) is 12.5. The summed E-state index contributed by atoms with van der Waals surface area (Å²) >= 11 is 0. The van der Waals surface area contributed by atoms with Crippen molar-refractivity contribution in [1.29, 1.82) is 0 Å². The minimum Gasteiger partial charge on any atom is -0.508 e. The van der Waals surface area contributed by atoms with E-state index in [-0.39, 0.29) is 37.5 Å². The van der Waals surface area contributed by atoms with Gasteiger partial charge in [-0.25, -0.2) is 0 Å². The second kappa shape index (κ2) is 13.6. The van der Waals surface area contributed by atoms with Crippen molar-refractivity contribution in [2.45, 2.75) is 43.8 Å². The van der Waals surface area contributed by atoms with E-state index in [0.29, 0.717) is 6.42 Å². The number of nitrogens with one attached hydrogen (secondary N) is 2. The summed E-state index contributed by atoms with van der Waals surface area (Å²) in [5.74, 6) is -1.79. The van der Waals surface area contributed by atoms with Crippen LogP contribution >= 0.6 is 0 Å². The van der Waals surface area contributed by atoms with E-state index in [1.54, 1.807) is 12.1 Å². The Labute approximate surface area is 204 Å². The summed E-state index contributed by atoms with van der Waals surface area (Å²) in [7, 11) is 0. The van der Waals surface area contributed by atoms with E-state index in [9.17, 15) is 19.5 Å². The maximum Gasteiger partial charge on any atom is 0.243 e. The zero-order valence-corrected chi connectivity index (χ0v) is 19.4. The molecule has 35 heavy (non-hydrogen) atoms. The highest BCUT2D eigenvalue weighted by atomic mass is 16.3. The van der Waals surface area contributed by atoms with Crippen molar-refractivity contribution in [3.05, 3.63) is 65.7 Å². The fourth-order valence-corrected chi connectivity index (χ4v) is 3.37. The van der Waals surface area contributed by atoms with Crippen molar-refractivity contribution < 1.29 is 19.5 Å². The Kier molecular flexibility index (Phi) is 10.5. The number of aromatic hydroxyl groups is 1. The first-order valence-electron chi connectivity index (χ1n) is 11.2. The van der Waals surface area contributed by atoms with Gasteiger partial charge in [0.05, 0.1) is 6.04 Å². The molecule has 0 radical (unpaired) electrons. The molecule has 3 atom stereocenters. The van der Waals surface area contributed by atoms with Crippen molar-refractivity contribution in [2.24, 2.45) is 27.9 Å². The number of amides is 3. The zero-order valence-electron chi connectivity index (χ0n) is 19.4. The van der Waals surface area contributed by atoms with Gasteiger partial charge in [0.15, 0.2) is 5.96 Å². The highest BCUT2D eigenvalue weighted by Crippen LogP contribution is 2.11. The molecule has 0 saturated heterocycles. The van der Waals surface area contributed by atoms with Crippen LogP contribution in [0, 0.1) is 0 Å². The van der Waals surface area contributed by atoms with Crippen LogP contribution in [-0.2, 0) is 27.2 Å². The lowest BCUT2D eigenvalue weighted by molar-refractivity contribution is -0.131. The number of rotatable bonds is 13.